The first-order chi connectivity index (χ1) is 6.46. The Labute approximate surface area is 83.3 Å². The van der Waals surface area contributed by atoms with E-state index in [2.05, 4.69) is 0 Å². The summed E-state index contributed by atoms with van der Waals surface area (Å²) in [6.07, 6.45) is 1.13. The van der Waals surface area contributed by atoms with Crippen molar-refractivity contribution >= 4 is 5.91 Å². The minimum atomic E-state index is -2.51. The predicted octanol–water partition coefficient (Wildman–Crippen LogP) is 2.43. The van der Waals surface area contributed by atoms with Crippen molar-refractivity contribution in [1.82, 2.24) is 4.90 Å². The van der Waals surface area contributed by atoms with Gasteiger partial charge in [0.25, 0.3) is 0 Å². The first kappa shape index (κ1) is 11.4. The minimum absolute atomic E-state index is 0.0158. The highest BCUT2D eigenvalue weighted by molar-refractivity contribution is 5.75. The van der Waals surface area contributed by atoms with Gasteiger partial charge in [-0.05, 0) is 12.8 Å². The van der Waals surface area contributed by atoms with E-state index in [0.29, 0.717) is 19.3 Å². The molecule has 0 radical (unpaired) electrons. The van der Waals surface area contributed by atoms with Crippen LogP contribution in [0.25, 0.3) is 0 Å². The van der Waals surface area contributed by atoms with Crippen molar-refractivity contribution in [3.63, 3.8) is 0 Å². The van der Waals surface area contributed by atoms with Crippen LogP contribution in [-0.2, 0) is 4.79 Å². The Kier molecular flexibility index (Phi) is 3.45. The molecule has 0 heterocycles. The standard InChI is InChI=1S/C10H17F2NO/c1-3-9(14)13(2)8-4-6-10(11,12)7-5-8/h8H,3-7H2,1-2H3. The number of amides is 1. The molecule has 1 aliphatic rings. The van der Waals surface area contributed by atoms with E-state index in [1.165, 1.54) is 0 Å². The fourth-order valence-electron chi connectivity index (χ4n) is 1.87. The Bertz CT molecular complexity index is 208. The number of carbonyl (C=O) groups is 1. The monoisotopic (exact) mass is 205 g/mol. The van der Waals surface area contributed by atoms with Crippen LogP contribution in [0.15, 0.2) is 0 Å². The summed E-state index contributed by atoms with van der Waals surface area (Å²) < 4.78 is 25.6. The topological polar surface area (TPSA) is 20.3 Å². The van der Waals surface area contributed by atoms with Gasteiger partial charge in [-0.25, -0.2) is 8.78 Å². The summed E-state index contributed by atoms with van der Waals surface area (Å²) in [5, 5.41) is 0. The number of carbonyl (C=O) groups excluding carboxylic acids is 1. The van der Waals surface area contributed by atoms with Crippen molar-refractivity contribution in [3.05, 3.63) is 0 Å². The maximum absolute atomic E-state index is 12.8. The Morgan fingerprint density at radius 2 is 1.93 bits per heavy atom. The quantitative estimate of drug-likeness (QED) is 0.678. The molecule has 14 heavy (non-hydrogen) atoms. The van der Waals surface area contributed by atoms with E-state index in [0.717, 1.165) is 0 Å². The Morgan fingerprint density at radius 3 is 2.36 bits per heavy atom. The van der Waals surface area contributed by atoms with Gasteiger partial charge in [0.1, 0.15) is 0 Å². The third-order valence-corrected chi connectivity index (χ3v) is 2.93. The smallest absolute Gasteiger partial charge is 0.248 e. The van der Waals surface area contributed by atoms with E-state index in [9.17, 15) is 13.6 Å². The van der Waals surface area contributed by atoms with Gasteiger partial charge in [-0.1, -0.05) is 6.92 Å². The van der Waals surface area contributed by atoms with Gasteiger partial charge in [0, 0.05) is 32.4 Å². The fourth-order valence-corrected chi connectivity index (χ4v) is 1.87. The van der Waals surface area contributed by atoms with Gasteiger partial charge >= 0.3 is 0 Å². The third-order valence-electron chi connectivity index (χ3n) is 2.93. The molecule has 1 saturated carbocycles. The Balaban J connectivity index is 2.45. The van der Waals surface area contributed by atoms with Crippen LogP contribution in [0.4, 0.5) is 8.78 Å². The first-order valence-electron chi connectivity index (χ1n) is 5.10. The van der Waals surface area contributed by atoms with Crippen molar-refractivity contribution in [2.24, 2.45) is 0 Å². The van der Waals surface area contributed by atoms with Crippen LogP contribution >= 0.6 is 0 Å². The van der Waals surface area contributed by atoms with Crippen LogP contribution < -0.4 is 0 Å². The van der Waals surface area contributed by atoms with E-state index in [4.69, 9.17) is 0 Å². The summed E-state index contributed by atoms with van der Waals surface area (Å²) in [4.78, 5) is 12.9. The molecule has 0 unspecified atom stereocenters. The number of alkyl halides is 2. The molecule has 1 rings (SSSR count). The molecule has 0 aromatic heterocycles. The van der Waals surface area contributed by atoms with Gasteiger partial charge in [-0.2, -0.15) is 0 Å². The molecule has 0 aromatic carbocycles. The fraction of sp³-hybridized carbons (Fsp3) is 0.900. The lowest BCUT2D eigenvalue weighted by Crippen LogP contribution is -2.41. The van der Waals surface area contributed by atoms with Gasteiger partial charge in [-0.15, -0.1) is 0 Å². The zero-order chi connectivity index (χ0) is 10.8. The molecule has 4 heteroatoms. The predicted molar refractivity (Wildman–Crippen MR) is 50.3 cm³/mol. The van der Waals surface area contributed by atoms with Crippen LogP contribution in [-0.4, -0.2) is 29.8 Å². The van der Waals surface area contributed by atoms with Crippen LogP contribution in [0.5, 0.6) is 0 Å². The number of nitrogens with zero attached hydrogens (tertiary/aromatic N) is 1. The molecule has 0 atom stereocenters. The van der Waals surface area contributed by atoms with Gasteiger partial charge in [0.05, 0.1) is 0 Å². The first-order valence-corrected chi connectivity index (χ1v) is 5.10. The number of hydrogen-bond donors (Lipinski definition) is 0. The zero-order valence-corrected chi connectivity index (χ0v) is 8.72. The van der Waals surface area contributed by atoms with Crippen LogP contribution in [0, 0.1) is 0 Å². The number of halogens is 2. The molecule has 0 saturated heterocycles. The molecule has 1 amide bonds. The number of hydrogen-bond acceptors (Lipinski definition) is 1. The molecule has 82 valence electrons. The van der Waals surface area contributed by atoms with Crippen LogP contribution in [0.2, 0.25) is 0 Å². The van der Waals surface area contributed by atoms with Crippen molar-refractivity contribution in [2.45, 2.75) is 51.0 Å². The third kappa shape index (κ3) is 2.66. The summed E-state index contributed by atoms with van der Waals surface area (Å²) in [7, 11) is 1.71. The largest absolute Gasteiger partial charge is 0.343 e. The van der Waals surface area contributed by atoms with Crippen molar-refractivity contribution in [2.75, 3.05) is 7.05 Å². The molecular weight excluding hydrogens is 188 g/mol. The van der Waals surface area contributed by atoms with Crippen LogP contribution in [0.1, 0.15) is 39.0 Å². The average molecular weight is 205 g/mol. The van der Waals surface area contributed by atoms with E-state index in [1.807, 2.05) is 0 Å². The van der Waals surface area contributed by atoms with Gasteiger partial charge < -0.3 is 4.90 Å². The summed E-state index contributed by atoms with van der Waals surface area (Å²) in [6.45, 7) is 1.79. The number of rotatable bonds is 2. The lowest BCUT2D eigenvalue weighted by Gasteiger charge is -2.34. The molecule has 0 N–H and O–H groups in total. The van der Waals surface area contributed by atoms with E-state index >= 15 is 0 Å². The Hall–Kier alpha value is -0.670. The summed E-state index contributed by atoms with van der Waals surface area (Å²) in [5.74, 6) is -2.47. The molecule has 2 nitrogen and oxygen atoms in total. The second kappa shape index (κ2) is 4.24. The van der Waals surface area contributed by atoms with E-state index < -0.39 is 5.92 Å². The Morgan fingerprint density at radius 1 is 1.43 bits per heavy atom. The maximum Gasteiger partial charge on any atom is 0.248 e. The summed E-state index contributed by atoms with van der Waals surface area (Å²) in [5.41, 5.74) is 0. The highest BCUT2D eigenvalue weighted by Crippen LogP contribution is 2.34. The van der Waals surface area contributed by atoms with Gasteiger partial charge in [0.2, 0.25) is 11.8 Å². The average Bonchev–Trinajstić information content (AvgIpc) is 2.15. The van der Waals surface area contributed by atoms with Crippen molar-refractivity contribution in [3.8, 4) is 0 Å². The van der Waals surface area contributed by atoms with E-state index in [-0.39, 0.29) is 24.8 Å². The minimum Gasteiger partial charge on any atom is -0.343 e. The molecule has 1 fully saturated rings. The second-order valence-electron chi connectivity index (χ2n) is 3.95. The second-order valence-corrected chi connectivity index (χ2v) is 3.95. The molecular formula is C10H17F2NO. The lowest BCUT2D eigenvalue weighted by molar-refractivity contribution is -0.134. The summed E-state index contributed by atoms with van der Waals surface area (Å²) >= 11 is 0. The molecule has 0 aromatic rings. The molecule has 0 bridgehead atoms. The summed E-state index contributed by atoms with van der Waals surface area (Å²) in [6, 6.07) is 0.0158. The normalized spacial score (nSPS) is 22.0. The zero-order valence-electron chi connectivity index (χ0n) is 8.72. The highest BCUT2D eigenvalue weighted by atomic mass is 19.3. The van der Waals surface area contributed by atoms with Crippen molar-refractivity contribution in [1.29, 1.82) is 0 Å². The van der Waals surface area contributed by atoms with Gasteiger partial charge in [-0.3, -0.25) is 4.79 Å². The highest BCUT2D eigenvalue weighted by Gasteiger charge is 2.36. The van der Waals surface area contributed by atoms with Crippen LogP contribution in [0.3, 0.4) is 0 Å². The molecule has 1 aliphatic carbocycles. The lowest BCUT2D eigenvalue weighted by atomic mass is 9.91. The maximum atomic E-state index is 12.8. The van der Waals surface area contributed by atoms with Crippen molar-refractivity contribution < 1.29 is 13.6 Å². The SMILES string of the molecule is CCC(=O)N(C)C1CCC(F)(F)CC1. The molecule has 0 aliphatic heterocycles. The van der Waals surface area contributed by atoms with Gasteiger partial charge in [0.15, 0.2) is 0 Å². The van der Waals surface area contributed by atoms with E-state index in [1.54, 1.807) is 18.9 Å². The molecule has 0 spiro atoms.